The highest BCUT2D eigenvalue weighted by Crippen LogP contribution is 2.33. The lowest BCUT2D eigenvalue weighted by atomic mass is 10.1. The molecule has 0 aliphatic heterocycles. The molecule has 2 rings (SSSR count). The molecule has 1 atom stereocenters. The molecule has 1 N–H and O–H groups in total. The maximum atomic E-state index is 4.85. The van der Waals surface area contributed by atoms with Gasteiger partial charge in [0.15, 0.2) is 0 Å². The Hall–Kier alpha value is -0.710. The monoisotopic (exact) mass is 308 g/mol. The Bertz CT molecular complexity index is 567. The van der Waals surface area contributed by atoms with Crippen LogP contribution >= 0.6 is 22.7 Å². The Morgan fingerprint density at radius 2 is 1.85 bits per heavy atom. The highest BCUT2D eigenvalue weighted by Gasteiger charge is 2.22. The van der Waals surface area contributed by atoms with E-state index in [4.69, 9.17) is 4.98 Å². The first kappa shape index (κ1) is 15.7. The topological polar surface area (TPSA) is 24.9 Å². The van der Waals surface area contributed by atoms with E-state index in [-0.39, 0.29) is 6.04 Å². The Balaban J connectivity index is 2.38. The number of thiazole rings is 1. The van der Waals surface area contributed by atoms with Crippen molar-refractivity contribution in [3.63, 3.8) is 0 Å². The fourth-order valence-corrected chi connectivity index (χ4v) is 4.28. The van der Waals surface area contributed by atoms with Gasteiger partial charge in [0.2, 0.25) is 0 Å². The first-order chi connectivity index (χ1) is 9.38. The predicted octanol–water partition coefficient (Wildman–Crippen LogP) is 5.03. The average Bonchev–Trinajstić information content (AvgIpc) is 2.93. The number of rotatable bonds is 5. The van der Waals surface area contributed by atoms with Crippen molar-refractivity contribution >= 4 is 22.7 Å². The Kier molecular flexibility index (Phi) is 4.99. The second-order valence-electron chi connectivity index (χ2n) is 5.89. The molecule has 0 aliphatic rings. The van der Waals surface area contributed by atoms with Crippen LogP contribution in [0.15, 0.2) is 11.4 Å². The van der Waals surface area contributed by atoms with Gasteiger partial charge < -0.3 is 5.32 Å². The van der Waals surface area contributed by atoms with E-state index in [1.54, 1.807) is 11.3 Å². The second-order valence-corrected chi connectivity index (χ2v) is 8.24. The quantitative estimate of drug-likeness (QED) is 0.837. The summed E-state index contributed by atoms with van der Waals surface area (Å²) in [6, 6.07) is 2.96. The normalized spacial score (nSPS) is 13.4. The number of thiophene rings is 1. The van der Waals surface area contributed by atoms with E-state index in [2.05, 4.69) is 58.3 Å². The van der Waals surface area contributed by atoms with Crippen molar-refractivity contribution in [2.45, 2.75) is 59.5 Å². The molecule has 0 spiro atoms. The molecular formula is C16H24N2S2. The number of aryl methyl sites for hydroxylation is 2. The van der Waals surface area contributed by atoms with Gasteiger partial charge in [0.25, 0.3) is 0 Å². The fraction of sp³-hybridized carbons (Fsp3) is 0.562. The van der Waals surface area contributed by atoms with E-state index in [9.17, 15) is 0 Å². The molecule has 0 saturated carbocycles. The van der Waals surface area contributed by atoms with E-state index in [0.29, 0.717) is 12.0 Å². The number of aromatic nitrogens is 1. The second kappa shape index (κ2) is 6.37. The Morgan fingerprint density at radius 3 is 2.30 bits per heavy atom. The number of hydrogen-bond donors (Lipinski definition) is 1. The molecule has 110 valence electrons. The van der Waals surface area contributed by atoms with Gasteiger partial charge in [-0.05, 0) is 45.2 Å². The summed E-state index contributed by atoms with van der Waals surface area (Å²) in [5, 5.41) is 7.06. The van der Waals surface area contributed by atoms with Crippen molar-refractivity contribution < 1.29 is 0 Å². The molecule has 2 heterocycles. The smallest absolute Gasteiger partial charge is 0.114 e. The molecule has 0 amide bonds. The molecule has 0 fully saturated rings. The summed E-state index contributed by atoms with van der Waals surface area (Å²) >= 11 is 3.64. The minimum Gasteiger partial charge on any atom is -0.302 e. The van der Waals surface area contributed by atoms with Crippen LogP contribution in [0.4, 0.5) is 0 Å². The molecule has 2 aromatic heterocycles. The molecule has 0 saturated heterocycles. The summed E-state index contributed by atoms with van der Waals surface area (Å²) in [6.45, 7) is 13.2. The average molecular weight is 309 g/mol. The van der Waals surface area contributed by atoms with E-state index in [1.807, 2.05) is 11.3 Å². The lowest BCUT2D eigenvalue weighted by molar-refractivity contribution is 0.525. The van der Waals surface area contributed by atoms with Crippen molar-refractivity contribution in [2.75, 3.05) is 0 Å². The third-order valence-electron chi connectivity index (χ3n) is 3.27. The molecule has 0 bridgehead atoms. The summed E-state index contributed by atoms with van der Waals surface area (Å²) in [4.78, 5) is 7.61. The number of nitrogens with one attached hydrogen (secondary N) is 1. The minimum atomic E-state index is 0.220. The SMILES string of the molecule is Cc1cc(C(NC(C)C)c2nc(C(C)C)cs2)c(C)s1. The maximum absolute atomic E-state index is 4.85. The molecule has 20 heavy (non-hydrogen) atoms. The molecule has 1 unspecified atom stereocenters. The van der Waals surface area contributed by atoms with Crippen LogP contribution in [-0.2, 0) is 0 Å². The Labute approximate surface area is 130 Å². The third kappa shape index (κ3) is 3.48. The highest BCUT2D eigenvalue weighted by molar-refractivity contribution is 7.12. The zero-order valence-corrected chi connectivity index (χ0v) is 14.8. The lowest BCUT2D eigenvalue weighted by Crippen LogP contribution is -2.29. The van der Waals surface area contributed by atoms with E-state index >= 15 is 0 Å². The van der Waals surface area contributed by atoms with E-state index < -0.39 is 0 Å². The molecule has 0 aliphatic carbocycles. The molecule has 0 aromatic carbocycles. The zero-order valence-electron chi connectivity index (χ0n) is 13.2. The molecule has 2 aromatic rings. The fourth-order valence-electron chi connectivity index (χ4n) is 2.26. The lowest BCUT2D eigenvalue weighted by Gasteiger charge is -2.19. The molecular weight excluding hydrogens is 284 g/mol. The highest BCUT2D eigenvalue weighted by atomic mass is 32.1. The van der Waals surface area contributed by atoms with Gasteiger partial charge in [-0.2, -0.15) is 0 Å². The molecule has 0 radical (unpaired) electrons. The van der Waals surface area contributed by atoms with Gasteiger partial charge >= 0.3 is 0 Å². The number of nitrogens with zero attached hydrogens (tertiary/aromatic N) is 1. The first-order valence-electron chi connectivity index (χ1n) is 7.16. The van der Waals surface area contributed by atoms with Crippen LogP contribution in [0.25, 0.3) is 0 Å². The van der Waals surface area contributed by atoms with Crippen LogP contribution in [0.5, 0.6) is 0 Å². The van der Waals surface area contributed by atoms with Crippen molar-refractivity contribution in [3.8, 4) is 0 Å². The zero-order chi connectivity index (χ0) is 14.9. The van der Waals surface area contributed by atoms with Crippen LogP contribution in [-0.4, -0.2) is 11.0 Å². The van der Waals surface area contributed by atoms with E-state index in [0.717, 1.165) is 0 Å². The van der Waals surface area contributed by atoms with Gasteiger partial charge in [-0.1, -0.05) is 13.8 Å². The summed E-state index contributed by atoms with van der Waals surface area (Å²) in [6.07, 6.45) is 0. The predicted molar refractivity (Wildman–Crippen MR) is 90.1 cm³/mol. The van der Waals surface area contributed by atoms with Crippen molar-refractivity contribution in [1.29, 1.82) is 0 Å². The van der Waals surface area contributed by atoms with Gasteiger partial charge in [-0.3, -0.25) is 0 Å². The van der Waals surface area contributed by atoms with Gasteiger partial charge in [0.1, 0.15) is 5.01 Å². The minimum absolute atomic E-state index is 0.220. The van der Waals surface area contributed by atoms with Crippen molar-refractivity contribution in [1.82, 2.24) is 10.3 Å². The van der Waals surface area contributed by atoms with Gasteiger partial charge in [-0.25, -0.2) is 4.98 Å². The molecule has 2 nitrogen and oxygen atoms in total. The van der Waals surface area contributed by atoms with Crippen LogP contribution in [0.3, 0.4) is 0 Å². The summed E-state index contributed by atoms with van der Waals surface area (Å²) in [5.41, 5.74) is 2.58. The number of hydrogen-bond acceptors (Lipinski definition) is 4. The van der Waals surface area contributed by atoms with Crippen molar-refractivity contribution in [3.05, 3.63) is 37.5 Å². The summed E-state index contributed by atoms with van der Waals surface area (Å²) in [5.74, 6) is 0.491. The van der Waals surface area contributed by atoms with Crippen LogP contribution < -0.4 is 5.32 Å². The van der Waals surface area contributed by atoms with Gasteiger partial charge in [-0.15, -0.1) is 22.7 Å². The van der Waals surface area contributed by atoms with Crippen LogP contribution in [0.1, 0.15) is 65.7 Å². The standard InChI is InChI=1S/C16H24N2S2/c1-9(2)14-8-19-16(18-14)15(17-10(3)4)13-7-11(5)20-12(13)6/h7-10,15,17H,1-6H3. The maximum Gasteiger partial charge on any atom is 0.114 e. The van der Waals surface area contributed by atoms with E-state index in [1.165, 1.54) is 26.0 Å². The van der Waals surface area contributed by atoms with Crippen LogP contribution in [0, 0.1) is 13.8 Å². The van der Waals surface area contributed by atoms with Crippen LogP contribution in [0.2, 0.25) is 0 Å². The van der Waals surface area contributed by atoms with Gasteiger partial charge in [0.05, 0.1) is 11.7 Å². The largest absolute Gasteiger partial charge is 0.302 e. The summed E-state index contributed by atoms with van der Waals surface area (Å²) < 4.78 is 0. The third-order valence-corrected chi connectivity index (χ3v) is 5.18. The summed E-state index contributed by atoms with van der Waals surface area (Å²) in [7, 11) is 0. The Morgan fingerprint density at radius 1 is 1.15 bits per heavy atom. The van der Waals surface area contributed by atoms with Crippen molar-refractivity contribution in [2.24, 2.45) is 0 Å². The van der Waals surface area contributed by atoms with Gasteiger partial charge in [0, 0.05) is 21.2 Å². The first-order valence-corrected chi connectivity index (χ1v) is 8.86. The molecule has 4 heteroatoms.